The van der Waals surface area contributed by atoms with Crippen molar-refractivity contribution in [1.82, 2.24) is 4.98 Å². The van der Waals surface area contributed by atoms with E-state index in [2.05, 4.69) is 10.3 Å². The van der Waals surface area contributed by atoms with E-state index in [1.807, 2.05) is 13.0 Å². The number of aromatic nitrogens is 1. The molecule has 100 valence electrons. The SMILES string of the molecule is CCNc1ncccc1COc1ccc(F)c(F)c1. The Morgan fingerprint density at radius 1 is 1.21 bits per heavy atom. The van der Waals surface area contributed by atoms with Gasteiger partial charge in [-0.2, -0.15) is 0 Å². The molecule has 0 spiro atoms. The molecule has 2 aromatic rings. The fourth-order valence-corrected chi connectivity index (χ4v) is 1.61. The first kappa shape index (κ1) is 13.3. The van der Waals surface area contributed by atoms with E-state index < -0.39 is 11.6 Å². The van der Waals surface area contributed by atoms with Crippen LogP contribution in [0.4, 0.5) is 14.6 Å². The highest BCUT2D eigenvalue weighted by atomic mass is 19.2. The average molecular weight is 264 g/mol. The van der Waals surface area contributed by atoms with Crippen molar-refractivity contribution >= 4 is 5.82 Å². The number of halogens is 2. The van der Waals surface area contributed by atoms with Gasteiger partial charge in [0.05, 0.1) is 0 Å². The molecule has 0 bridgehead atoms. The Morgan fingerprint density at radius 2 is 2.05 bits per heavy atom. The molecule has 0 saturated carbocycles. The minimum Gasteiger partial charge on any atom is -0.489 e. The topological polar surface area (TPSA) is 34.2 Å². The first-order valence-electron chi connectivity index (χ1n) is 5.96. The molecule has 0 aliphatic heterocycles. The van der Waals surface area contributed by atoms with E-state index in [0.717, 1.165) is 30.1 Å². The lowest BCUT2D eigenvalue weighted by Gasteiger charge is -2.10. The van der Waals surface area contributed by atoms with Gasteiger partial charge in [-0.15, -0.1) is 0 Å². The van der Waals surface area contributed by atoms with E-state index in [0.29, 0.717) is 0 Å². The third kappa shape index (κ3) is 3.40. The van der Waals surface area contributed by atoms with Gasteiger partial charge < -0.3 is 10.1 Å². The monoisotopic (exact) mass is 264 g/mol. The highest BCUT2D eigenvalue weighted by Crippen LogP contribution is 2.18. The lowest BCUT2D eigenvalue weighted by atomic mass is 10.2. The molecule has 0 aliphatic rings. The van der Waals surface area contributed by atoms with Crippen LogP contribution in [-0.2, 0) is 6.61 Å². The van der Waals surface area contributed by atoms with Crippen molar-refractivity contribution in [2.75, 3.05) is 11.9 Å². The lowest BCUT2D eigenvalue weighted by molar-refractivity contribution is 0.303. The maximum Gasteiger partial charge on any atom is 0.162 e. The minimum atomic E-state index is -0.921. The Kier molecular flexibility index (Phi) is 4.28. The van der Waals surface area contributed by atoms with Gasteiger partial charge in [0.25, 0.3) is 0 Å². The number of ether oxygens (including phenoxy) is 1. The number of benzene rings is 1. The molecule has 19 heavy (non-hydrogen) atoms. The third-order valence-electron chi connectivity index (χ3n) is 2.52. The standard InChI is InChI=1S/C14H14F2N2O/c1-2-17-14-10(4-3-7-18-14)9-19-11-5-6-12(15)13(16)8-11/h3-8H,2,9H2,1H3,(H,17,18). The second kappa shape index (κ2) is 6.13. The van der Waals surface area contributed by atoms with Crippen molar-refractivity contribution in [3.63, 3.8) is 0 Å². The summed E-state index contributed by atoms with van der Waals surface area (Å²) in [4.78, 5) is 4.19. The van der Waals surface area contributed by atoms with Crippen LogP contribution in [0.15, 0.2) is 36.5 Å². The smallest absolute Gasteiger partial charge is 0.162 e. The van der Waals surface area contributed by atoms with Gasteiger partial charge in [0.2, 0.25) is 0 Å². The van der Waals surface area contributed by atoms with Gasteiger partial charge >= 0.3 is 0 Å². The second-order valence-electron chi connectivity index (χ2n) is 3.91. The molecule has 0 radical (unpaired) electrons. The van der Waals surface area contributed by atoms with Gasteiger partial charge in [-0.25, -0.2) is 13.8 Å². The van der Waals surface area contributed by atoms with Gasteiger partial charge in [0.1, 0.15) is 18.2 Å². The number of anilines is 1. The third-order valence-corrected chi connectivity index (χ3v) is 2.52. The molecule has 2 rings (SSSR count). The van der Waals surface area contributed by atoms with Gasteiger partial charge in [-0.3, -0.25) is 0 Å². The summed E-state index contributed by atoms with van der Waals surface area (Å²) >= 11 is 0. The predicted octanol–water partition coefficient (Wildman–Crippen LogP) is 3.37. The summed E-state index contributed by atoms with van der Waals surface area (Å²) < 4.78 is 31.2. The number of pyridine rings is 1. The lowest BCUT2D eigenvalue weighted by Crippen LogP contribution is -2.05. The zero-order valence-corrected chi connectivity index (χ0v) is 10.5. The largest absolute Gasteiger partial charge is 0.489 e. The summed E-state index contributed by atoms with van der Waals surface area (Å²) in [6.07, 6.45) is 1.68. The highest BCUT2D eigenvalue weighted by molar-refractivity contribution is 5.43. The molecule has 5 heteroatoms. The van der Waals surface area contributed by atoms with Gasteiger partial charge in [0.15, 0.2) is 11.6 Å². The molecular weight excluding hydrogens is 250 g/mol. The summed E-state index contributed by atoms with van der Waals surface area (Å²) in [6.45, 7) is 2.95. The van der Waals surface area contributed by atoms with Crippen LogP contribution in [0.25, 0.3) is 0 Å². The summed E-state index contributed by atoms with van der Waals surface area (Å²) in [7, 11) is 0. The van der Waals surface area contributed by atoms with Gasteiger partial charge in [-0.1, -0.05) is 6.07 Å². The van der Waals surface area contributed by atoms with E-state index in [-0.39, 0.29) is 12.4 Å². The van der Waals surface area contributed by atoms with Crippen LogP contribution in [0, 0.1) is 11.6 Å². The molecule has 3 nitrogen and oxygen atoms in total. The molecule has 1 N–H and O–H groups in total. The average Bonchev–Trinajstić information content (AvgIpc) is 2.42. The fourth-order valence-electron chi connectivity index (χ4n) is 1.61. The zero-order valence-electron chi connectivity index (χ0n) is 10.5. The summed E-state index contributed by atoms with van der Waals surface area (Å²) in [5.41, 5.74) is 0.856. The highest BCUT2D eigenvalue weighted by Gasteiger charge is 2.06. The zero-order chi connectivity index (χ0) is 13.7. The van der Waals surface area contributed by atoms with E-state index in [1.165, 1.54) is 6.07 Å². The van der Waals surface area contributed by atoms with Crippen molar-refractivity contribution in [1.29, 1.82) is 0 Å². The number of nitrogens with one attached hydrogen (secondary N) is 1. The molecule has 0 unspecified atom stereocenters. The van der Waals surface area contributed by atoms with E-state index >= 15 is 0 Å². The van der Waals surface area contributed by atoms with Crippen LogP contribution < -0.4 is 10.1 Å². The maximum atomic E-state index is 13.0. The van der Waals surface area contributed by atoms with Crippen LogP contribution in [-0.4, -0.2) is 11.5 Å². The van der Waals surface area contributed by atoms with Crippen molar-refractivity contribution in [2.24, 2.45) is 0 Å². The Morgan fingerprint density at radius 3 is 2.79 bits per heavy atom. The number of nitrogens with zero attached hydrogens (tertiary/aromatic N) is 1. The van der Waals surface area contributed by atoms with Crippen molar-refractivity contribution in [2.45, 2.75) is 13.5 Å². The fraction of sp³-hybridized carbons (Fsp3) is 0.214. The van der Waals surface area contributed by atoms with E-state index in [4.69, 9.17) is 4.74 Å². The Bertz CT molecular complexity index is 561. The quantitative estimate of drug-likeness (QED) is 0.899. The van der Waals surface area contributed by atoms with Gasteiger partial charge in [0, 0.05) is 24.4 Å². The van der Waals surface area contributed by atoms with Crippen molar-refractivity contribution in [3.8, 4) is 5.75 Å². The molecule has 1 aromatic carbocycles. The molecule has 1 heterocycles. The summed E-state index contributed by atoms with van der Waals surface area (Å²) in [5.74, 6) is -0.796. The molecular formula is C14H14F2N2O. The number of rotatable bonds is 5. The maximum absolute atomic E-state index is 13.0. The first-order chi connectivity index (χ1) is 9.20. The molecule has 0 atom stereocenters. The summed E-state index contributed by atoms with van der Waals surface area (Å²) in [6, 6.07) is 7.12. The Hall–Kier alpha value is -2.17. The van der Waals surface area contributed by atoms with Gasteiger partial charge in [-0.05, 0) is 25.1 Å². The Balaban J connectivity index is 2.07. The summed E-state index contributed by atoms with van der Waals surface area (Å²) in [5, 5.41) is 3.11. The molecule has 0 fully saturated rings. The second-order valence-corrected chi connectivity index (χ2v) is 3.91. The molecule has 0 aliphatic carbocycles. The Labute approximate surface area is 110 Å². The first-order valence-corrected chi connectivity index (χ1v) is 5.96. The van der Waals surface area contributed by atoms with Crippen LogP contribution in [0.2, 0.25) is 0 Å². The van der Waals surface area contributed by atoms with Crippen molar-refractivity contribution in [3.05, 3.63) is 53.7 Å². The van der Waals surface area contributed by atoms with Crippen LogP contribution >= 0.6 is 0 Å². The number of hydrogen-bond donors (Lipinski definition) is 1. The van der Waals surface area contributed by atoms with Crippen LogP contribution in [0.5, 0.6) is 5.75 Å². The predicted molar refractivity (Wildman–Crippen MR) is 69.1 cm³/mol. The molecule has 0 saturated heterocycles. The van der Waals surface area contributed by atoms with E-state index in [9.17, 15) is 8.78 Å². The molecule has 0 amide bonds. The van der Waals surface area contributed by atoms with Crippen LogP contribution in [0.3, 0.4) is 0 Å². The normalized spacial score (nSPS) is 10.3. The van der Waals surface area contributed by atoms with Crippen LogP contribution in [0.1, 0.15) is 12.5 Å². The molecule has 1 aromatic heterocycles. The van der Waals surface area contributed by atoms with E-state index in [1.54, 1.807) is 12.3 Å². The number of hydrogen-bond acceptors (Lipinski definition) is 3. The van der Waals surface area contributed by atoms with Crippen molar-refractivity contribution < 1.29 is 13.5 Å². The minimum absolute atomic E-state index is 0.237.